The fraction of sp³-hybridized carbons (Fsp3) is 0.688. The van der Waals surface area contributed by atoms with Crippen LogP contribution in [0.5, 0.6) is 0 Å². The first kappa shape index (κ1) is 12.2. The van der Waals surface area contributed by atoms with Gasteiger partial charge < -0.3 is 5.32 Å². The number of hydrogen-bond donors (Lipinski definition) is 1. The third kappa shape index (κ3) is 2.18. The largest absolute Gasteiger partial charge is 0.310 e. The molecule has 0 aromatic carbocycles. The molecule has 0 aliphatic heterocycles. The van der Waals surface area contributed by atoms with Crippen LogP contribution in [0.25, 0.3) is 0 Å². The maximum Gasteiger partial charge on any atom is 0.0372 e. The van der Waals surface area contributed by atoms with Gasteiger partial charge >= 0.3 is 0 Å². The van der Waals surface area contributed by atoms with Crippen LogP contribution in [0.3, 0.4) is 0 Å². The van der Waals surface area contributed by atoms with E-state index in [1.807, 2.05) is 0 Å². The van der Waals surface area contributed by atoms with Crippen molar-refractivity contribution in [3.8, 4) is 0 Å². The van der Waals surface area contributed by atoms with Crippen molar-refractivity contribution >= 4 is 0 Å². The Morgan fingerprint density at radius 2 is 2.00 bits per heavy atom. The van der Waals surface area contributed by atoms with Crippen LogP contribution in [0.4, 0.5) is 0 Å². The van der Waals surface area contributed by atoms with E-state index in [1.54, 1.807) is 0 Å². The van der Waals surface area contributed by atoms with Gasteiger partial charge in [0, 0.05) is 17.9 Å². The van der Waals surface area contributed by atoms with Gasteiger partial charge in [-0.15, -0.1) is 0 Å². The molecular weight excluding hydrogens is 220 g/mol. The lowest BCUT2D eigenvalue weighted by atomic mass is 10.0. The van der Waals surface area contributed by atoms with Gasteiger partial charge in [0.15, 0.2) is 0 Å². The molecule has 2 aliphatic rings. The first-order valence-corrected chi connectivity index (χ1v) is 7.47. The Kier molecular flexibility index (Phi) is 3.38. The van der Waals surface area contributed by atoms with Gasteiger partial charge in [-0.1, -0.05) is 25.8 Å². The van der Waals surface area contributed by atoms with Crippen molar-refractivity contribution in [1.29, 1.82) is 0 Å². The van der Waals surface area contributed by atoms with Crippen molar-refractivity contribution in [2.75, 3.05) is 6.54 Å². The summed E-state index contributed by atoms with van der Waals surface area (Å²) >= 11 is 0. The molecule has 2 aliphatic carbocycles. The topological polar surface area (TPSA) is 24.9 Å². The summed E-state index contributed by atoms with van der Waals surface area (Å²) in [6.45, 7) is 5.32. The van der Waals surface area contributed by atoms with Crippen LogP contribution < -0.4 is 5.32 Å². The molecule has 18 heavy (non-hydrogen) atoms. The van der Waals surface area contributed by atoms with Crippen LogP contribution in [0, 0.1) is 24.7 Å². The summed E-state index contributed by atoms with van der Waals surface area (Å²) in [4.78, 5) is 4.47. The zero-order chi connectivity index (χ0) is 12.5. The maximum atomic E-state index is 4.47. The van der Waals surface area contributed by atoms with Gasteiger partial charge in [-0.3, -0.25) is 4.98 Å². The Morgan fingerprint density at radius 3 is 2.56 bits per heavy atom. The first-order valence-electron chi connectivity index (χ1n) is 7.47. The normalized spacial score (nSPS) is 31.8. The fourth-order valence-corrected chi connectivity index (χ4v) is 3.90. The van der Waals surface area contributed by atoms with Crippen molar-refractivity contribution in [3.63, 3.8) is 0 Å². The van der Waals surface area contributed by atoms with E-state index < -0.39 is 0 Å². The number of nitrogens with zero attached hydrogens (tertiary/aromatic N) is 1. The molecule has 98 valence electrons. The number of fused-ring (bicyclic) bond motifs is 1. The summed E-state index contributed by atoms with van der Waals surface area (Å²) in [7, 11) is 0. The molecule has 2 nitrogen and oxygen atoms in total. The summed E-state index contributed by atoms with van der Waals surface area (Å²) in [5.74, 6) is 2.85. The molecule has 2 fully saturated rings. The predicted octanol–water partition coefficient (Wildman–Crippen LogP) is 3.48. The van der Waals surface area contributed by atoms with Crippen LogP contribution in [-0.4, -0.2) is 11.5 Å². The van der Waals surface area contributed by atoms with Gasteiger partial charge in [0.05, 0.1) is 0 Å². The smallest absolute Gasteiger partial charge is 0.0372 e. The van der Waals surface area contributed by atoms with E-state index in [-0.39, 0.29) is 0 Å². The molecule has 3 unspecified atom stereocenters. The number of hydrogen-bond acceptors (Lipinski definition) is 2. The number of aromatic nitrogens is 1. The Bertz CT molecular complexity index is 386. The number of aryl methyl sites for hydroxylation is 1. The molecule has 3 rings (SSSR count). The zero-order valence-corrected chi connectivity index (χ0v) is 11.5. The molecule has 0 radical (unpaired) electrons. The highest BCUT2D eigenvalue weighted by atomic mass is 14.9. The van der Waals surface area contributed by atoms with Crippen molar-refractivity contribution < 1.29 is 0 Å². The minimum atomic E-state index is 0.538. The molecule has 0 amide bonds. The second-order valence-corrected chi connectivity index (χ2v) is 5.96. The lowest BCUT2D eigenvalue weighted by Gasteiger charge is -2.18. The highest BCUT2D eigenvalue weighted by Crippen LogP contribution is 2.60. The molecule has 0 spiro atoms. The van der Waals surface area contributed by atoms with E-state index in [4.69, 9.17) is 0 Å². The quantitative estimate of drug-likeness (QED) is 0.877. The number of rotatable bonds is 4. The van der Waals surface area contributed by atoms with Crippen molar-refractivity contribution in [2.45, 2.75) is 45.6 Å². The van der Waals surface area contributed by atoms with Gasteiger partial charge in [-0.05, 0) is 55.7 Å². The zero-order valence-electron chi connectivity index (χ0n) is 11.5. The molecule has 2 heteroatoms. The Balaban J connectivity index is 1.78. The predicted molar refractivity (Wildman–Crippen MR) is 74.3 cm³/mol. The van der Waals surface area contributed by atoms with E-state index in [2.05, 4.69) is 42.5 Å². The van der Waals surface area contributed by atoms with Crippen LogP contribution in [-0.2, 0) is 0 Å². The Labute approximate surface area is 110 Å². The van der Waals surface area contributed by atoms with Crippen molar-refractivity contribution in [1.82, 2.24) is 10.3 Å². The molecule has 1 heterocycles. The van der Waals surface area contributed by atoms with Crippen LogP contribution >= 0.6 is 0 Å². The summed E-state index contributed by atoms with van der Waals surface area (Å²) in [6, 6.07) is 4.95. The monoisotopic (exact) mass is 244 g/mol. The molecule has 0 saturated heterocycles. The van der Waals surface area contributed by atoms with Gasteiger partial charge in [-0.25, -0.2) is 0 Å². The minimum absolute atomic E-state index is 0.538. The molecule has 1 aromatic rings. The standard InChI is InChI=1S/C16H24N2/c1-3-17-16(12-9-8-11(2)18-10-12)15-13-6-4-5-7-14(13)15/h8-10,13-17H,3-7H2,1-2H3. The van der Waals surface area contributed by atoms with Crippen molar-refractivity contribution in [3.05, 3.63) is 29.6 Å². The molecule has 2 saturated carbocycles. The van der Waals surface area contributed by atoms with Gasteiger partial charge in [-0.2, -0.15) is 0 Å². The lowest BCUT2D eigenvalue weighted by Crippen LogP contribution is -2.24. The molecule has 0 bridgehead atoms. The van der Waals surface area contributed by atoms with Crippen LogP contribution in [0.2, 0.25) is 0 Å². The second kappa shape index (κ2) is 5.00. The maximum absolute atomic E-state index is 4.47. The molecule has 1 aromatic heterocycles. The summed E-state index contributed by atoms with van der Waals surface area (Å²) < 4.78 is 0. The summed E-state index contributed by atoms with van der Waals surface area (Å²) in [5, 5.41) is 3.70. The Hall–Kier alpha value is -0.890. The number of pyridine rings is 1. The molecular formula is C16H24N2. The minimum Gasteiger partial charge on any atom is -0.310 e. The average molecular weight is 244 g/mol. The summed E-state index contributed by atoms with van der Waals surface area (Å²) in [5.41, 5.74) is 2.50. The van der Waals surface area contributed by atoms with Gasteiger partial charge in [0.1, 0.15) is 0 Å². The van der Waals surface area contributed by atoms with Gasteiger partial charge in [0.25, 0.3) is 0 Å². The van der Waals surface area contributed by atoms with Gasteiger partial charge in [0.2, 0.25) is 0 Å². The molecule has 3 atom stereocenters. The third-order valence-corrected chi connectivity index (χ3v) is 4.83. The average Bonchev–Trinajstić information content (AvgIpc) is 3.11. The van der Waals surface area contributed by atoms with E-state index in [1.165, 1.54) is 31.2 Å². The number of nitrogens with one attached hydrogen (secondary N) is 1. The third-order valence-electron chi connectivity index (χ3n) is 4.83. The van der Waals surface area contributed by atoms with Crippen LogP contribution in [0.1, 0.15) is 49.9 Å². The Morgan fingerprint density at radius 1 is 1.28 bits per heavy atom. The fourth-order valence-electron chi connectivity index (χ4n) is 3.90. The van der Waals surface area contributed by atoms with Crippen molar-refractivity contribution in [2.24, 2.45) is 17.8 Å². The van der Waals surface area contributed by atoms with E-state index >= 15 is 0 Å². The SMILES string of the molecule is CCNC(c1ccc(C)nc1)C1C2CCCCC21. The highest BCUT2D eigenvalue weighted by Gasteiger charge is 2.54. The summed E-state index contributed by atoms with van der Waals surface area (Å²) in [6.07, 6.45) is 7.88. The van der Waals surface area contributed by atoms with Crippen LogP contribution in [0.15, 0.2) is 18.3 Å². The van der Waals surface area contributed by atoms with E-state index in [0.717, 1.165) is 30.0 Å². The highest BCUT2D eigenvalue weighted by molar-refractivity contribution is 5.22. The van der Waals surface area contributed by atoms with E-state index in [9.17, 15) is 0 Å². The second-order valence-electron chi connectivity index (χ2n) is 5.96. The lowest BCUT2D eigenvalue weighted by molar-refractivity contribution is 0.455. The molecule has 1 N–H and O–H groups in total. The van der Waals surface area contributed by atoms with E-state index in [0.29, 0.717) is 6.04 Å². The first-order chi connectivity index (χ1) is 8.81.